The van der Waals surface area contributed by atoms with E-state index in [2.05, 4.69) is 21.7 Å². The number of rotatable bonds is 8. The van der Waals surface area contributed by atoms with Crippen LogP contribution < -0.4 is 15.8 Å². The van der Waals surface area contributed by atoms with E-state index in [0.717, 1.165) is 68.8 Å². The number of hydrogen-bond acceptors (Lipinski definition) is 5. The third kappa shape index (κ3) is 6.86. The average Bonchev–Trinajstić information content (AvgIpc) is 3.30. The fourth-order valence-electron chi connectivity index (χ4n) is 4.82. The Labute approximate surface area is 223 Å². The number of alkyl carbamates (subject to hydrolysis) is 1. The molecule has 0 aliphatic carbocycles. The zero-order chi connectivity index (χ0) is 26.6. The molecule has 0 bridgehead atoms. The van der Waals surface area contributed by atoms with Gasteiger partial charge in [0.2, 0.25) is 5.78 Å². The first-order valence-electron chi connectivity index (χ1n) is 13.3. The van der Waals surface area contributed by atoms with E-state index in [-0.39, 0.29) is 11.5 Å². The molecule has 1 unspecified atom stereocenters. The second kappa shape index (κ2) is 11.6. The second-order valence-corrected chi connectivity index (χ2v) is 11.3. The van der Waals surface area contributed by atoms with Crippen molar-refractivity contribution in [3.63, 3.8) is 0 Å². The quantitative estimate of drug-likeness (QED) is 0.377. The summed E-state index contributed by atoms with van der Waals surface area (Å²) in [5, 5.41) is 3.58. The molecule has 9 heteroatoms. The first-order chi connectivity index (χ1) is 17.6. The Morgan fingerprint density at radius 1 is 1.22 bits per heavy atom. The van der Waals surface area contributed by atoms with Gasteiger partial charge in [0, 0.05) is 49.0 Å². The maximum absolute atomic E-state index is 13.2. The monoisotopic (exact) mass is 527 g/mol. The van der Waals surface area contributed by atoms with E-state index in [9.17, 15) is 9.59 Å². The van der Waals surface area contributed by atoms with Crippen molar-refractivity contribution in [2.75, 3.05) is 24.5 Å². The fourth-order valence-corrected chi connectivity index (χ4v) is 4.95. The number of fused-ring (bicyclic) bond motifs is 1. The normalized spacial score (nSPS) is 16.2. The topological polar surface area (TPSA) is 80.9 Å². The van der Waals surface area contributed by atoms with Gasteiger partial charge in [0.1, 0.15) is 11.4 Å². The first kappa shape index (κ1) is 27.0. The standard InChI is InChI=1S/C28H38ClN5O3/c1-5-6-7-15-33-24(32-14-8-9-20(18-32)17-30-27(36)37-28(2,3)4)16-25(35)34-19-23(31-26(33)34)21-10-12-22(29)13-11-21/h10-13,16,19-20H,5-9,14-15,17-18H2,1-4H3,(H,30,36). The van der Waals surface area contributed by atoms with Crippen molar-refractivity contribution in [3.8, 4) is 11.3 Å². The zero-order valence-corrected chi connectivity index (χ0v) is 23.1. The Morgan fingerprint density at radius 2 is 1.97 bits per heavy atom. The summed E-state index contributed by atoms with van der Waals surface area (Å²) in [6.07, 6.45) is 6.63. The number of imidazole rings is 1. The number of nitrogens with one attached hydrogen (secondary N) is 1. The first-order valence-corrected chi connectivity index (χ1v) is 13.6. The van der Waals surface area contributed by atoms with Crippen LogP contribution in [0.1, 0.15) is 59.8 Å². The van der Waals surface area contributed by atoms with Crippen LogP contribution in [0.15, 0.2) is 41.3 Å². The Balaban J connectivity index is 1.62. The van der Waals surface area contributed by atoms with Gasteiger partial charge in [-0.25, -0.2) is 9.78 Å². The molecule has 1 aliphatic heterocycles. The van der Waals surface area contributed by atoms with E-state index < -0.39 is 11.7 Å². The molecule has 1 atom stereocenters. The molecule has 0 spiro atoms. The molecule has 0 saturated carbocycles. The molecule has 0 radical (unpaired) electrons. The van der Waals surface area contributed by atoms with Crippen molar-refractivity contribution in [2.24, 2.45) is 5.92 Å². The summed E-state index contributed by atoms with van der Waals surface area (Å²) in [5.74, 6) is 1.81. The van der Waals surface area contributed by atoms with Crippen molar-refractivity contribution >= 4 is 29.3 Å². The number of piperidine rings is 1. The van der Waals surface area contributed by atoms with Gasteiger partial charge in [0.25, 0.3) is 5.56 Å². The van der Waals surface area contributed by atoms with Crippen molar-refractivity contribution < 1.29 is 9.53 Å². The molecule has 1 aliphatic rings. The van der Waals surface area contributed by atoms with Gasteiger partial charge < -0.3 is 15.0 Å². The number of carbonyl (C=O) groups is 1. The van der Waals surface area contributed by atoms with Crippen LogP contribution in [0.5, 0.6) is 0 Å². The van der Waals surface area contributed by atoms with Gasteiger partial charge in [0.05, 0.1) is 5.69 Å². The molecule has 1 amide bonds. The number of amides is 1. The molecule has 3 heterocycles. The van der Waals surface area contributed by atoms with Crippen molar-refractivity contribution in [1.29, 1.82) is 0 Å². The number of aromatic nitrogens is 3. The van der Waals surface area contributed by atoms with E-state index in [0.29, 0.717) is 17.3 Å². The minimum atomic E-state index is -0.526. The third-order valence-electron chi connectivity index (χ3n) is 6.60. The number of ether oxygens (including phenoxy) is 1. The van der Waals surface area contributed by atoms with E-state index in [1.807, 2.05) is 51.2 Å². The SMILES string of the molecule is CCCCCn1c(N2CCCC(CNC(=O)OC(C)(C)C)C2)cc(=O)n2cc(-c3ccc(Cl)cc3)nc12. The van der Waals surface area contributed by atoms with Crippen LogP contribution in [0.3, 0.4) is 0 Å². The number of aryl methyl sites for hydroxylation is 1. The highest BCUT2D eigenvalue weighted by atomic mass is 35.5. The molecule has 4 rings (SSSR count). The van der Waals surface area contributed by atoms with E-state index in [1.165, 1.54) is 0 Å². The highest BCUT2D eigenvalue weighted by molar-refractivity contribution is 6.30. The lowest BCUT2D eigenvalue weighted by Gasteiger charge is -2.36. The Kier molecular flexibility index (Phi) is 8.47. The zero-order valence-electron chi connectivity index (χ0n) is 22.3. The predicted molar refractivity (Wildman–Crippen MR) is 149 cm³/mol. The lowest BCUT2D eigenvalue weighted by atomic mass is 9.98. The molecule has 1 aromatic carbocycles. The summed E-state index contributed by atoms with van der Waals surface area (Å²) in [7, 11) is 0. The molecule has 1 N–H and O–H groups in total. The van der Waals surface area contributed by atoms with Crippen LogP contribution in [-0.2, 0) is 11.3 Å². The maximum atomic E-state index is 13.2. The molecule has 2 aromatic heterocycles. The second-order valence-electron chi connectivity index (χ2n) is 10.8. The van der Waals surface area contributed by atoms with E-state index >= 15 is 0 Å². The summed E-state index contributed by atoms with van der Waals surface area (Å²) < 4.78 is 9.22. The van der Waals surface area contributed by atoms with Crippen LogP contribution in [-0.4, -0.2) is 45.3 Å². The van der Waals surface area contributed by atoms with Gasteiger partial charge in [-0.2, -0.15) is 0 Å². The molecular weight excluding hydrogens is 490 g/mol. The highest BCUT2D eigenvalue weighted by Crippen LogP contribution is 2.26. The summed E-state index contributed by atoms with van der Waals surface area (Å²) in [6.45, 7) is 10.7. The lowest BCUT2D eigenvalue weighted by molar-refractivity contribution is 0.0517. The Bertz CT molecular complexity index is 1280. The number of anilines is 1. The average molecular weight is 528 g/mol. The van der Waals surface area contributed by atoms with E-state index in [1.54, 1.807) is 10.5 Å². The predicted octanol–water partition coefficient (Wildman–Crippen LogP) is 5.75. The van der Waals surface area contributed by atoms with Crippen LogP contribution in [0.2, 0.25) is 5.02 Å². The van der Waals surface area contributed by atoms with Gasteiger partial charge >= 0.3 is 6.09 Å². The molecule has 1 saturated heterocycles. The molecule has 3 aromatic rings. The van der Waals surface area contributed by atoms with Crippen LogP contribution in [0.4, 0.5) is 10.6 Å². The molecule has 8 nitrogen and oxygen atoms in total. The third-order valence-corrected chi connectivity index (χ3v) is 6.85. The Morgan fingerprint density at radius 3 is 2.68 bits per heavy atom. The molecule has 37 heavy (non-hydrogen) atoms. The summed E-state index contributed by atoms with van der Waals surface area (Å²) in [5.41, 5.74) is 1.04. The molecule has 1 fully saturated rings. The van der Waals surface area contributed by atoms with Gasteiger partial charge in [0.15, 0.2) is 0 Å². The lowest BCUT2D eigenvalue weighted by Crippen LogP contribution is -2.43. The minimum absolute atomic E-state index is 0.0986. The van der Waals surface area contributed by atoms with Crippen LogP contribution in [0.25, 0.3) is 17.0 Å². The van der Waals surface area contributed by atoms with Gasteiger partial charge in [-0.1, -0.05) is 43.5 Å². The number of nitrogens with zero attached hydrogens (tertiary/aromatic N) is 4. The van der Waals surface area contributed by atoms with Gasteiger partial charge in [-0.15, -0.1) is 0 Å². The van der Waals surface area contributed by atoms with Crippen LogP contribution in [0, 0.1) is 5.92 Å². The number of halogens is 1. The molecular formula is C28H38ClN5O3. The number of benzene rings is 1. The van der Waals surface area contributed by atoms with Crippen LogP contribution >= 0.6 is 11.6 Å². The number of hydrogen-bond donors (Lipinski definition) is 1. The number of carbonyl (C=O) groups excluding carboxylic acids is 1. The number of unbranched alkanes of at least 4 members (excludes halogenated alkanes) is 2. The van der Waals surface area contributed by atoms with Crippen molar-refractivity contribution in [2.45, 2.75) is 71.9 Å². The summed E-state index contributed by atoms with van der Waals surface area (Å²) >= 11 is 6.07. The smallest absolute Gasteiger partial charge is 0.407 e. The van der Waals surface area contributed by atoms with Gasteiger partial charge in [-0.3, -0.25) is 13.8 Å². The minimum Gasteiger partial charge on any atom is -0.444 e. The molecule has 200 valence electrons. The summed E-state index contributed by atoms with van der Waals surface area (Å²) in [4.78, 5) is 32.6. The van der Waals surface area contributed by atoms with Gasteiger partial charge in [-0.05, 0) is 58.1 Å². The van der Waals surface area contributed by atoms with Crippen molar-refractivity contribution in [1.82, 2.24) is 19.3 Å². The largest absolute Gasteiger partial charge is 0.444 e. The van der Waals surface area contributed by atoms with E-state index in [4.69, 9.17) is 21.3 Å². The Hall–Kier alpha value is -3.00. The fraction of sp³-hybridized carbons (Fsp3) is 0.536. The highest BCUT2D eigenvalue weighted by Gasteiger charge is 2.25. The van der Waals surface area contributed by atoms with Crippen molar-refractivity contribution in [3.05, 3.63) is 51.9 Å². The summed E-state index contributed by atoms with van der Waals surface area (Å²) in [6, 6.07) is 9.24. The maximum Gasteiger partial charge on any atom is 0.407 e.